The van der Waals surface area contributed by atoms with Crippen LogP contribution in [0.1, 0.15) is 64.4 Å². The van der Waals surface area contributed by atoms with Crippen molar-refractivity contribution in [3.05, 3.63) is 57.7 Å². The molecule has 0 unspecified atom stereocenters. The maximum Gasteiger partial charge on any atom is 0.494 e. The number of carboxylic acids is 1. The van der Waals surface area contributed by atoms with E-state index in [9.17, 15) is 29.4 Å². The van der Waals surface area contributed by atoms with Gasteiger partial charge >= 0.3 is 19.2 Å². The van der Waals surface area contributed by atoms with Gasteiger partial charge in [0.15, 0.2) is 5.75 Å². The minimum absolute atomic E-state index is 0.240. The molecule has 14 heteroatoms. The average Bonchev–Trinajstić information content (AvgIpc) is 3.37. The number of benzene rings is 2. The molecule has 0 aliphatic carbocycles. The highest BCUT2D eigenvalue weighted by Gasteiger charge is 2.51. The maximum absolute atomic E-state index is 13.3. The van der Waals surface area contributed by atoms with Crippen LogP contribution in [0.5, 0.6) is 5.75 Å². The zero-order chi connectivity index (χ0) is 32.9. The third kappa shape index (κ3) is 6.73. The average molecular weight is 647 g/mol. The molecule has 0 bridgehead atoms. The lowest BCUT2D eigenvalue weighted by molar-refractivity contribution is -0.141. The van der Waals surface area contributed by atoms with Crippen LogP contribution in [0.2, 0.25) is 10.0 Å². The van der Waals surface area contributed by atoms with Crippen molar-refractivity contribution in [3.63, 3.8) is 0 Å². The second-order valence-corrected chi connectivity index (χ2v) is 13.4. The largest absolute Gasteiger partial charge is 0.505 e. The van der Waals surface area contributed by atoms with Crippen LogP contribution in [0.25, 0.3) is 10.9 Å². The number of carbonyl (C=O) groups is 4. The van der Waals surface area contributed by atoms with E-state index < -0.39 is 59.5 Å². The summed E-state index contributed by atoms with van der Waals surface area (Å²) in [4.78, 5) is 51.1. The van der Waals surface area contributed by atoms with Gasteiger partial charge in [0.05, 0.1) is 26.8 Å². The number of hydrogen-bond acceptors (Lipinski definition) is 8. The van der Waals surface area contributed by atoms with E-state index >= 15 is 0 Å². The summed E-state index contributed by atoms with van der Waals surface area (Å²) >= 11 is 11.7. The SMILES string of the molecule is CC(C)(C)OC(=O)n1cc(C[C@@H](NC(=O)C(=O)c2cc(Cl)c(O)c(Cl)c2)C(=O)O)c2ccc(B3OC(C)(C)C(C)(C)O3)cc21. The molecule has 0 saturated carbocycles. The summed E-state index contributed by atoms with van der Waals surface area (Å²) in [5.74, 6) is -4.21. The number of phenolic OH excluding ortho intramolecular Hbond substituents is 1. The monoisotopic (exact) mass is 646 g/mol. The summed E-state index contributed by atoms with van der Waals surface area (Å²) in [6, 6.07) is 5.71. The summed E-state index contributed by atoms with van der Waals surface area (Å²) in [6.07, 6.45) is 0.455. The number of nitrogens with zero attached hydrogens (tertiary/aromatic N) is 1. The van der Waals surface area contributed by atoms with Crippen molar-refractivity contribution < 1.29 is 43.4 Å². The van der Waals surface area contributed by atoms with E-state index in [-0.39, 0.29) is 22.0 Å². The van der Waals surface area contributed by atoms with Crippen LogP contribution in [0, 0.1) is 0 Å². The van der Waals surface area contributed by atoms with Crippen molar-refractivity contribution in [3.8, 4) is 5.75 Å². The number of carboxylic acid groups (broad SMARTS) is 1. The smallest absolute Gasteiger partial charge is 0.494 e. The first-order chi connectivity index (χ1) is 20.2. The van der Waals surface area contributed by atoms with E-state index in [1.807, 2.05) is 27.7 Å². The molecule has 1 aliphatic heterocycles. The van der Waals surface area contributed by atoms with Gasteiger partial charge in [-0.25, -0.2) is 9.59 Å². The summed E-state index contributed by atoms with van der Waals surface area (Å²) < 4.78 is 19.2. The Balaban J connectivity index is 1.69. The number of carbonyl (C=O) groups excluding carboxylic acids is 3. The van der Waals surface area contributed by atoms with Crippen molar-refractivity contribution in [2.24, 2.45) is 0 Å². The van der Waals surface area contributed by atoms with E-state index in [0.29, 0.717) is 21.9 Å². The number of Topliss-reactive ketones (excluding diaryl/α,β-unsaturated/α-hetero) is 1. The van der Waals surface area contributed by atoms with Crippen LogP contribution in [0.4, 0.5) is 4.79 Å². The Hall–Kier alpha value is -3.58. The minimum atomic E-state index is -1.56. The molecule has 1 saturated heterocycles. The Bertz CT molecular complexity index is 1640. The first kappa shape index (κ1) is 33.3. The molecule has 3 aromatic rings. The van der Waals surface area contributed by atoms with Gasteiger partial charge in [0, 0.05) is 23.6 Å². The topological polar surface area (TPSA) is 153 Å². The Labute approximate surface area is 264 Å². The lowest BCUT2D eigenvalue weighted by atomic mass is 9.78. The number of amides is 1. The van der Waals surface area contributed by atoms with E-state index in [0.717, 1.165) is 12.1 Å². The Kier molecular flexibility index (Phi) is 8.89. The number of halogens is 2. The summed E-state index contributed by atoms with van der Waals surface area (Å²) in [7, 11) is -0.728. The Morgan fingerprint density at radius 1 is 1.02 bits per heavy atom. The highest BCUT2D eigenvalue weighted by Crippen LogP contribution is 2.37. The van der Waals surface area contributed by atoms with Crippen LogP contribution in [-0.4, -0.2) is 68.5 Å². The molecule has 1 fully saturated rings. The van der Waals surface area contributed by atoms with Gasteiger partial charge in [-0.3, -0.25) is 14.2 Å². The van der Waals surface area contributed by atoms with Gasteiger partial charge in [-0.2, -0.15) is 0 Å². The second kappa shape index (κ2) is 11.7. The number of nitrogens with one attached hydrogen (secondary N) is 1. The lowest BCUT2D eigenvalue weighted by Gasteiger charge is -2.32. The first-order valence-electron chi connectivity index (χ1n) is 13.7. The molecule has 0 radical (unpaired) electrons. The zero-order valence-corrected chi connectivity index (χ0v) is 26.8. The van der Waals surface area contributed by atoms with Gasteiger partial charge in [-0.15, -0.1) is 0 Å². The number of phenols is 1. The second-order valence-electron chi connectivity index (χ2n) is 12.6. The molecule has 1 aliphatic rings. The van der Waals surface area contributed by atoms with Gasteiger partial charge in [0.25, 0.3) is 5.91 Å². The standard InChI is InChI=1S/C30H33BCl2N2O9/c1-28(2,3)42-27(41)35-14-16(18-9-8-17(13-22(18)35)31-43-29(4,5)30(6,7)44-31)12-21(26(39)40)34-25(38)23(36)15-10-19(32)24(37)20(33)11-15/h8-11,13-14,21,37H,12H2,1-7H3,(H,34,38)(H,39,40)/t21-/m1/s1. The molecule has 2 heterocycles. The molecule has 2 aromatic carbocycles. The fraction of sp³-hybridized carbons (Fsp3) is 0.400. The predicted molar refractivity (Wildman–Crippen MR) is 165 cm³/mol. The summed E-state index contributed by atoms with van der Waals surface area (Å²) in [5, 5.41) is 21.9. The molecule has 1 aromatic heterocycles. The molecule has 1 atom stereocenters. The van der Waals surface area contributed by atoms with E-state index in [1.54, 1.807) is 39.0 Å². The lowest BCUT2D eigenvalue weighted by Crippen LogP contribution is -2.45. The summed E-state index contributed by atoms with van der Waals surface area (Å²) in [6.45, 7) is 12.8. The number of hydrogen-bond donors (Lipinski definition) is 3. The van der Waals surface area contributed by atoms with Crippen molar-refractivity contribution >= 4 is 70.4 Å². The number of aromatic hydroxyl groups is 1. The number of fused-ring (bicyclic) bond motifs is 1. The number of aliphatic carboxylic acids is 1. The predicted octanol–water partition coefficient (Wildman–Crippen LogP) is 4.73. The first-order valence-corrected chi connectivity index (χ1v) is 14.5. The number of ketones is 1. The van der Waals surface area contributed by atoms with E-state index in [1.165, 1.54) is 10.8 Å². The molecule has 44 heavy (non-hydrogen) atoms. The van der Waals surface area contributed by atoms with Crippen molar-refractivity contribution in [2.75, 3.05) is 0 Å². The normalized spacial score (nSPS) is 16.5. The summed E-state index contributed by atoms with van der Waals surface area (Å²) in [5.41, 5.74) is -0.849. The van der Waals surface area contributed by atoms with Crippen LogP contribution in [0.15, 0.2) is 36.5 Å². The van der Waals surface area contributed by atoms with E-state index in [2.05, 4.69) is 5.32 Å². The molecule has 3 N–H and O–H groups in total. The maximum atomic E-state index is 13.3. The molecule has 1 amide bonds. The van der Waals surface area contributed by atoms with Crippen molar-refractivity contribution in [1.29, 1.82) is 0 Å². The molecular weight excluding hydrogens is 614 g/mol. The Morgan fingerprint density at radius 2 is 1.59 bits per heavy atom. The zero-order valence-electron chi connectivity index (χ0n) is 25.3. The van der Waals surface area contributed by atoms with Crippen molar-refractivity contribution in [1.82, 2.24) is 9.88 Å². The van der Waals surface area contributed by atoms with Gasteiger partial charge < -0.3 is 29.6 Å². The highest BCUT2D eigenvalue weighted by molar-refractivity contribution is 6.62. The van der Waals surface area contributed by atoms with E-state index in [4.69, 9.17) is 37.2 Å². The molecule has 0 spiro atoms. The van der Waals surface area contributed by atoms with Crippen molar-refractivity contribution in [2.45, 2.75) is 77.7 Å². The molecule has 4 rings (SSSR count). The van der Waals surface area contributed by atoms with Gasteiger partial charge in [-0.05, 0) is 77.7 Å². The quantitative estimate of drug-likeness (QED) is 0.188. The fourth-order valence-electron chi connectivity index (χ4n) is 4.54. The van der Waals surface area contributed by atoms with Crippen LogP contribution < -0.4 is 10.8 Å². The Morgan fingerprint density at radius 3 is 2.11 bits per heavy atom. The molecule has 11 nitrogen and oxygen atoms in total. The number of ether oxygens (including phenoxy) is 1. The van der Waals surface area contributed by atoms with Gasteiger partial charge in [0.2, 0.25) is 5.78 Å². The third-order valence-electron chi connectivity index (χ3n) is 7.54. The number of aromatic nitrogens is 1. The number of rotatable bonds is 7. The third-order valence-corrected chi connectivity index (χ3v) is 8.12. The van der Waals surface area contributed by atoms with Crippen LogP contribution >= 0.6 is 23.2 Å². The molecule has 234 valence electrons. The van der Waals surface area contributed by atoms with Gasteiger partial charge in [-0.1, -0.05) is 35.3 Å². The van der Waals surface area contributed by atoms with Gasteiger partial charge in [0.1, 0.15) is 11.6 Å². The molecular formula is C30H33BCl2N2O9. The van der Waals surface area contributed by atoms with Crippen LogP contribution in [0.3, 0.4) is 0 Å². The minimum Gasteiger partial charge on any atom is -0.505 e. The van der Waals surface area contributed by atoms with Crippen LogP contribution in [-0.2, 0) is 30.1 Å². The highest BCUT2D eigenvalue weighted by atomic mass is 35.5. The fourth-order valence-corrected chi connectivity index (χ4v) is 5.02.